The molecule has 1 aliphatic heterocycles. The summed E-state index contributed by atoms with van der Waals surface area (Å²) < 4.78 is 1.92. The molecule has 0 spiro atoms. The fraction of sp³-hybridized carbons (Fsp3) is 0.778. The van der Waals surface area contributed by atoms with E-state index in [1.165, 1.54) is 0 Å². The largest absolute Gasteiger partial charge is 0.328 e. The second kappa shape index (κ2) is 3.87. The average molecular weight is 215 g/mol. The van der Waals surface area contributed by atoms with Crippen molar-refractivity contribution in [3.63, 3.8) is 0 Å². The van der Waals surface area contributed by atoms with Crippen molar-refractivity contribution in [3.8, 4) is 0 Å². The van der Waals surface area contributed by atoms with Gasteiger partial charge in [0.15, 0.2) is 0 Å². The van der Waals surface area contributed by atoms with Gasteiger partial charge in [0.05, 0.1) is 0 Å². The number of nitrogens with zero attached hydrogens (tertiary/aromatic N) is 3. The molecule has 1 aromatic rings. The first kappa shape index (κ1) is 9.93. The number of hydrogen-bond acceptors (Lipinski definition) is 3. The summed E-state index contributed by atoms with van der Waals surface area (Å²) in [4.78, 5) is 4.25. The highest BCUT2D eigenvalue weighted by Crippen LogP contribution is 2.29. The number of aromatic nitrogens is 3. The maximum absolute atomic E-state index is 5.80. The second-order valence-corrected chi connectivity index (χ2v) is 4.35. The summed E-state index contributed by atoms with van der Waals surface area (Å²) in [5.74, 6) is 1.45. The van der Waals surface area contributed by atoms with Crippen molar-refractivity contribution in [3.05, 3.63) is 11.1 Å². The van der Waals surface area contributed by atoms with E-state index in [2.05, 4.69) is 10.1 Å². The Balaban J connectivity index is 2.21. The van der Waals surface area contributed by atoms with E-state index < -0.39 is 0 Å². The van der Waals surface area contributed by atoms with Gasteiger partial charge < -0.3 is 5.73 Å². The Morgan fingerprint density at radius 2 is 2.50 bits per heavy atom. The Hall–Kier alpha value is -0.610. The van der Waals surface area contributed by atoms with Crippen LogP contribution in [-0.2, 0) is 6.54 Å². The third kappa shape index (κ3) is 1.91. The molecule has 2 heterocycles. The number of fused-ring (bicyclic) bond motifs is 1. The second-order valence-electron chi connectivity index (χ2n) is 4.01. The molecule has 14 heavy (non-hydrogen) atoms. The third-order valence-corrected chi connectivity index (χ3v) is 2.78. The number of halogens is 1. The van der Waals surface area contributed by atoms with Gasteiger partial charge in [-0.3, -0.25) is 0 Å². The highest BCUT2D eigenvalue weighted by molar-refractivity contribution is 6.28. The highest BCUT2D eigenvalue weighted by atomic mass is 35.5. The Labute approximate surface area is 88.5 Å². The van der Waals surface area contributed by atoms with Crippen LogP contribution < -0.4 is 5.73 Å². The number of hydrogen-bond donors (Lipinski definition) is 1. The molecule has 0 aromatic carbocycles. The predicted octanol–water partition coefficient (Wildman–Crippen LogP) is 1.55. The molecule has 1 aliphatic rings. The standard InChI is InChI=1S/C9H15ClN4/c1-6(11)5-7-3-2-4-14-8(7)12-9(10)13-14/h6-7H,2-5,11H2,1H3. The molecule has 0 bridgehead atoms. The fourth-order valence-corrected chi connectivity index (χ4v) is 2.26. The minimum Gasteiger partial charge on any atom is -0.328 e. The molecule has 1 aromatic heterocycles. The molecule has 5 heteroatoms. The van der Waals surface area contributed by atoms with Crippen LogP contribution in [0.2, 0.25) is 5.28 Å². The lowest BCUT2D eigenvalue weighted by Gasteiger charge is -2.23. The van der Waals surface area contributed by atoms with Crippen LogP contribution in [0.25, 0.3) is 0 Å². The van der Waals surface area contributed by atoms with Gasteiger partial charge in [0.1, 0.15) is 5.82 Å². The Morgan fingerprint density at radius 3 is 3.21 bits per heavy atom. The SMILES string of the molecule is CC(N)CC1CCCn2nc(Cl)nc21. The van der Waals surface area contributed by atoms with Crippen molar-refractivity contribution in [2.75, 3.05) is 0 Å². The Kier molecular flexibility index (Phi) is 2.74. The average Bonchev–Trinajstić information content (AvgIpc) is 2.45. The van der Waals surface area contributed by atoms with Crippen LogP contribution in [0.3, 0.4) is 0 Å². The smallest absolute Gasteiger partial charge is 0.242 e. The minimum atomic E-state index is 0.210. The zero-order valence-electron chi connectivity index (χ0n) is 8.28. The number of aryl methyl sites for hydroxylation is 1. The summed E-state index contributed by atoms with van der Waals surface area (Å²) >= 11 is 5.78. The van der Waals surface area contributed by atoms with Crippen molar-refractivity contribution in [1.29, 1.82) is 0 Å². The zero-order chi connectivity index (χ0) is 10.1. The van der Waals surface area contributed by atoms with Crippen molar-refractivity contribution in [1.82, 2.24) is 14.8 Å². The molecule has 2 rings (SSSR count). The van der Waals surface area contributed by atoms with Crippen molar-refractivity contribution >= 4 is 11.6 Å². The Morgan fingerprint density at radius 1 is 1.71 bits per heavy atom. The first-order chi connectivity index (χ1) is 6.66. The molecule has 0 aliphatic carbocycles. The van der Waals surface area contributed by atoms with E-state index in [1.807, 2.05) is 11.6 Å². The van der Waals surface area contributed by atoms with Gasteiger partial charge in [-0.1, -0.05) is 0 Å². The maximum Gasteiger partial charge on any atom is 0.242 e. The van der Waals surface area contributed by atoms with Gasteiger partial charge in [-0.2, -0.15) is 0 Å². The quantitative estimate of drug-likeness (QED) is 0.813. The van der Waals surface area contributed by atoms with Gasteiger partial charge in [-0.05, 0) is 37.8 Å². The van der Waals surface area contributed by atoms with Crippen LogP contribution in [0.1, 0.15) is 37.9 Å². The third-order valence-electron chi connectivity index (χ3n) is 2.62. The van der Waals surface area contributed by atoms with Crippen LogP contribution in [-0.4, -0.2) is 20.8 Å². The zero-order valence-corrected chi connectivity index (χ0v) is 9.04. The van der Waals surface area contributed by atoms with Crippen molar-refractivity contribution in [2.24, 2.45) is 5.73 Å². The van der Waals surface area contributed by atoms with Crippen LogP contribution in [0.4, 0.5) is 0 Å². The molecular formula is C9H15ClN4. The lowest BCUT2D eigenvalue weighted by molar-refractivity contribution is 0.386. The van der Waals surface area contributed by atoms with Gasteiger partial charge in [0.2, 0.25) is 5.28 Å². The van der Waals surface area contributed by atoms with Crippen LogP contribution in [0.15, 0.2) is 0 Å². The van der Waals surface area contributed by atoms with E-state index in [4.69, 9.17) is 17.3 Å². The summed E-state index contributed by atoms with van der Waals surface area (Å²) in [6, 6.07) is 0.210. The molecule has 78 valence electrons. The molecule has 0 radical (unpaired) electrons. The Bertz CT molecular complexity index is 321. The van der Waals surface area contributed by atoms with E-state index in [9.17, 15) is 0 Å². The fourth-order valence-electron chi connectivity index (χ4n) is 2.08. The van der Waals surface area contributed by atoms with Gasteiger partial charge >= 0.3 is 0 Å². The van der Waals surface area contributed by atoms with Crippen LogP contribution >= 0.6 is 11.6 Å². The summed E-state index contributed by atoms with van der Waals surface area (Å²) in [7, 11) is 0. The lowest BCUT2D eigenvalue weighted by Crippen LogP contribution is -2.24. The van der Waals surface area contributed by atoms with E-state index in [0.29, 0.717) is 11.2 Å². The highest BCUT2D eigenvalue weighted by Gasteiger charge is 2.24. The molecule has 0 amide bonds. The lowest BCUT2D eigenvalue weighted by atomic mass is 9.93. The molecule has 0 fully saturated rings. The topological polar surface area (TPSA) is 56.7 Å². The summed E-state index contributed by atoms with van der Waals surface area (Å²) in [5, 5.41) is 4.50. The van der Waals surface area contributed by atoms with Crippen molar-refractivity contribution < 1.29 is 0 Å². The van der Waals surface area contributed by atoms with Crippen LogP contribution in [0, 0.1) is 0 Å². The maximum atomic E-state index is 5.80. The molecule has 0 saturated carbocycles. The number of rotatable bonds is 2. The van der Waals surface area contributed by atoms with Gasteiger partial charge in [0, 0.05) is 18.5 Å². The molecule has 0 saturated heterocycles. The molecular weight excluding hydrogens is 200 g/mol. The number of nitrogens with two attached hydrogens (primary N) is 1. The van der Waals surface area contributed by atoms with E-state index in [-0.39, 0.29) is 6.04 Å². The first-order valence-electron chi connectivity index (χ1n) is 5.02. The van der Waals surface area contributed by atoms with Gasteiger partial charge in [0.25, 0.3) is 0 Å². The van der Waals surface area contributed by atoms with Gasteiger partial charge in [-0.25, -0.2) is 9.67 Å². The van der Waals surface area contributed by atoms with E-state index in [0.717, 1.165) is 31.6 Å². The summed E-state index contributed by atoms with van der Waals surface area (Å²) in [6.45, 7) is 2.96. The van der Waals surface area contributed by atoms with Crippen LogP contribution in [0.5, 0.6) is 0 Å². The predicted molar refractivity (Wildman–Crippen MR) is 55.3 cm³/mol. The first-order valence-corrected chi connectivity index (χ1v) is 5.40. The van der Waals surface area contributed by atoms with Gasteiger partial charge in [-0.15, -0.1) is 5.10 Å². The molecule has 2 atom stereocenters. The van der Waals surface area contributed by atoms with E-state index in [1.54, 1.807) is 0 Å². The van der Waals surface area contributed by atoms with E-state index >= 15 is 0 Å². The minimum absolute atomic E-state index is 0.210. The monoisotopic (exact) mass is 214 g/mol. The molecule has 4 nitrogen and oxygen atoms in total. The summed E-state index contributed by atoms with van der Waals surface area (Å²) in [5.41, 5.74) is 5.80. The normalized spacial score (nSPS) is 23.2. The summed E-state index contributed by atoms with van der Waals surface area (Å²) in [6.07, 6.45) is 3.26. The molecule has 2 unspecified atom stereocenters. The van der Waals surface area contributed by atoms with Crippen molar-refractivity contribution in [2.45, 2.75) is 44.7 Å². The molecule has 2 N–H and O–H groups in total.